The largest absolute Gasteiger partial charge is 0.463 e. The van der Waals surface area contributed by atoms with Crippen molar-refractivity contribution in [2.45, 2.75) is 92.7 Å². The van der Waals surface area contributed by atoms with E-state index in [2.05, 4.69) is 9.47 Å². The van der Waals surface area contributed by atoms with Crippen molar-refractivity contribution >= 4 is 35.6 Å². The molecule has 0 aromatic carbocycles. The zero-order valence-electron chi connectivity index (χ0n) is 21.6. The van der Waals surface area contributed by atoms with Gasteiger partial charge in [-0.1, -0.05) is 0 Å². The zero-order chi connectivity index (χ0) is 34.1. The quantitative estimate of drug-likeness (QED) is 0.175. The summed E-state index contributed by atoms with van der Waals surface area (Å²) in [6.07, 6.45) is -17.0. The molecule has 0 amide bonds. The average Bonchev–Trinajstić information content (AvgIpc) is 2.79. The topological polar surface area (TPSA) is 114 Å². The van der Waals surface area contributed by atoms with Gasteiger partial charge in [0.1, 0.15) is 18.1 Å². The number of halogens is 13. The molecule has 0 aromatic heterocycles. The Morgan fingerprint density at radius 2 is 0.977 bits per heavy atom. The zero-order valence-corrected chi connectivity index (χ0v) is 22.4. The number of carbonyl (C=O) groups excluding carboxylic acids is 4. The second-order valence-electron chi connectivity index (χ2n) is 8.50. The standard InChI is InChI=1S/C20H19F13O9S/c1-6(34)38-5-10-11(39-7(2)35)12(40-8(3)36)13(41-9(4)37)14(42-10)43-20(32,33)18(27,28)16(23,24)15(21,22)17(25,26)19(29,30)31/h10-14H,5H2,1-4H3/t10-,11+,12+,13-,14+/m1/s1. The summed E-state index contributed by atoms with van der Waals surface area (Å²) in [6.45, 7) is 1.39. The van der Waals surface area contributed by atoms with Crippen LogP contribution >= 0.6 is 11.8 Å². The van der Waals surface area contributed by atoms with Crippen molar-refractivity contribution < 1.29 is 99.9 Å². The molecule has 0 unspecified atom stereocenters. The summed E-state index contributed by atoms with van der Waals surface area (Å²) in [7, 11) is 0. The molecule has 0 bridgehead atoms. The molecule has 0 spiro atoms. The van der Waals surface area contributed by atoms with Gasteiger partial charge in [-0.2, -0.15) is 57.1 Å². The number of thioether (sulfide) groups is 1. The number of rotatable bonds is 11. The van der Waals surface area contributed by atoms with Crippen LogP contribution in [-0.2, 0) is 42.9 Å². The lowest BCUT2D eigenvalue weighted by molar-refractivity contribution is -0.433. The van der Waals surface area contributed by atoms with Crippen LogP contribution in [0.3, 0.4) is 0 Å². The number of hydrogen-bond acceptors (Lipinski definition) is 10. The molecule has 0 N–H and O–H groups in total. The van der Waals surface area contributed by atoms with Crippen molar-refractivity contribution in [2.75, 3.05) is 6.61 Å². The second kappa shape index (κ2) is 12.7. The molecule has 1 saturated heterocycles. The van der Waals surface area contributed by atoms with Gasteiger partial charge in [0.15, 0.2) is 18.3 Å². The highest BCUT2D eigenvalue weighted by Crippen LogP contribution is 2.62. The average molecular weight is 682 g/mol. The highest BCUT2D eigenvalue weighted by atomic mass is 32.2. The minimum Gasteiger partial charge on any atom is -0.463 e. The monoisotopic (exact) mass is 682 g/mol. The lowest BCUT2D eigenvalue weighted by Crippen LogP contribution is -2.70. The Kier molecular flexibility index (Phi) is 11.3. The third kappa shape index (κ3) is 7.69. The van der Waals surface area contributed by atoms with Gasteiger partial charge < -0.3 is 23.7 Å². The Bertz CT molecular complexity index is 1070. The summed E-state index contributed by atoms with van der Waals surface area (Å²) >= 11 is -1.96. The first-order chi connectivity index (χ1) is 19.0. The number of carbonyl (C=O) groups is 4. The molecule has 0 radical (unpaired) electrons. The van der Waals surface area contributed by atoms with Crippen LogP contribution in [0.5, 0.6) is 0 Å². The summed E-state index contributed by atoms with van der Waals surface area (Å²) in [5, 5.41) is -6.79. The predicted molar refractivity (Wildman–Crippen MR) is 110 cm³/mol. The van der Waals surface area contributed by atoms with Crippen LogP contribution < -0.4 is 0 Å². The summed E-state index contributed by atoms with van der Waals surface area (Å²) in [5.74, 6) is -37.4. The molecular formula is C20H19F13O9S. The van der Waals surface area contributed by atoms with E-state index in [-0.39, 0.29) is 0 Å². The first-order valence-corrected chi connectivity index (χ1v) is 11.9. The Balaban J connectivity index is 3.74. The lowest BCUT2D eigenvalue weighted by Gasteiger charge is -2.45. The van der Waals surface area contributed by atoms with Gasteiger partial charge in [-0.15, -0.1) is 0 Å². The molecule has 5 atom stereocenters. The molecule has 1 heterocycles. The molecule has 1 fully saturated rings. The van der Waals surface area contributed by atoms with E-state index in [1.807, 2.05) is 0 Å². The summed E-state index contributed by atoms with van der Waals surface area (Å²) in [5.41, 5.74) is -3.07. The van der Waals surface area contributed by atoms with Crippen LogP contribution in [0.25, 0.3) is 0 Å². The van der Waals surface area contributed by atoms with Crippen LogP contribution in [0, 0.1) is 0 Å². The maximum atomic E-state index is 14.7. The number of alkyl halides is 13. The molecule has 23 heteroatoms. The van der Waals surface area contributed by atoms with Gasteiger partial charge in [-0.05, 0) is 11.8 Å². The molecule has 0 aromatic rings. The third-order valence-electron chi connectivity index (χ3n) is 5.12. The van der Waals surface area contributed by atoms with E-state index in [4.69, 9.17) is 14.2 Å². The van der Waals surface area contributed by atoms with E-state index in [0.29, 0.717) is 20.8 Å². The molecule has 9 nitrogen and oxygen atoms in total. The number of esters is 4. The van der Waals surface area contributed by atoms with Crippen molar-refractivity contribution in [3.63, 3.8) is 0 Å². The van der Waals surface area contributed by atoms with Crippen LogP contribution in [0.1, 0.15) is 27.7 Å². The van der Waals surface area contributed by atoms with E-state index < -0.39 is 107 Å². The predicted octanol–water partition coefficient (Wildman–Crippen LogP) is 4.50. The maximum absolute atomic E-state index is 14.7. The molecular weight excluding hydrogens is 663 g/mol. The molecule has 250 valence electrons. The fraction of sp³-hybridized carbons (Fsp3) is 0.800. The van der Waals surface area contributed by atoms with E-state index in [9.17, 15) is 76.3 Å². The van der Waals surface area contributed by atoms with Gasteiger partial charge >= 0.3 is 59.0 Å². The van der Waals surface area contributed by atoms with Gasteiger partial charge in [0.05, 0.1) is 0 Å². The van der Waals surface area contributed by atoms with Crippen molar-refractivity contribution in [2.24, 2.45) is 0 Å². The highest BCUT2D eigenvalue weighted by Gasteiger charge is 2.91. The SMILES string of the molecule is CC(=O)OC[C@H]1O[C@@H](SC(F)(F)C(F)(F)C(F)(F)C(F)(F)C(F)(F)C(F)(F)F)[C@H](OC(C)=O)[C@@H](OC(C)=O)[C@H]1OC(C)=O. The normalized spacial score (nSPS) is 24.2. The van der Waals surface area contributed by atoms with Gasteiger partial charge in [0.25, 0.3) is 0 Å². The maximum Gasteiger partial charge on any atom is 0.460 e. The summed E-state index contributed by atoms with van der Waals surface area (Å²) < 4.78 is 200. The van der Waals surface area contributed by atoms with Crippen LogP contribution in [0.4, 0.5) is 57.1 Å². The highest BCUT2D eigenvalue weighted by molar-refractivity contribution is 8.00. The second-order valence-corrected chi connectivity index (χ2v) is 9.71. The van der Waals surface area contributed by atoms with Crippen molar-refractivity contribution in [3.8, 4) is 0 Å². The minimum atomic E-state index is -8.19. The van der Waals surface area contributed by atoms with Gasteiger partial charge in [0, 0.05) is 27.7 Å². The lowest BCUT2D eigenvalue weighted by atomic mass is 9.98. The number of hydrogen-bond donors (Lipinski definition) is 0. The fourth-order valence-electron chi connectivity index (χ4n) is 3.26. The molecule has 0 aliphatic carbocycles. The van der Waals surface area contributed by atoms with Crippen molar-refractivity contribution in [1.29, 1.82) is 0 Å². The van der Waals surface area contributed by atoms with Gasteiger partial charge in [0.2, 0.25) is 0 Å². The molecule has 1 rings (SSSR count). The Morgan fingerprint density at radius 1 is 0.581 bits per heavy atom. The van der Waals surface area contributed by atoms with Crippen LogP contribution in [0.2, 0.25) is 0 Å². The Labute approximate surface area is 235 Å². The number of ether oxygens (including phenoxy) is 5. The molecule has 1 aliphatic heterocycles. The van der Waals surface area contributed by atoms with E-state index in [1.165, 1.54) is 0 Å². The van der Waals surface area contributed by atoms with E-state index in [1.54, 1.807) is 0 Å². The fourth-order valence-corrected chi connectivity index (χ4v) is 4.37. The molecule has 43 heavy (non-hydrogen) atoms. The summed E-state index contributed by atoms with van der Waals surface area (Å²) in [4.78, 5) is 46.1. The van der Waals surface area contributed by atoms with Crippen molar-refractivity contribution in [3.05, 3.63) is 0 Å². The Hall–Kier alpha value is -2.72. The van der Waals surface area contributed by atoms with E-state index in [0.717, 1.165) is 6.92 Å². The third-order valence-corrected chi connectivity index (χ3v) is 6.28. The van der Waals surface area contributed by atoms with E-state index >= 15 is 0 Å². The Morgan fingerprint density at radius 3 is 1.37 bits per heavy atom. The van der Waals surface area contributed by atoms with Gasteiger partial charge in [-0.25, -0.2) is 0 Å². The smallest absolute Gasteiger partial charge is 0.460 e. The first kappa shape index (κ1) is 38.3. The summed E-state index contributed by atoms with van der Waals surface area (Å²) in [6, 6.07) is 0. The molecule has 0 saturated carbocycles. The minimum absolute atomic E-state index is 0.513. The van der Waals surface area contributed by atoms with Gasteiger partial charge in [-0.3, -0.25) is 19.2 Å². The van der Waals surface area contributed by atoms with Crippen LogP contribution in [-0.4, -0.2) is 95.5 Å². The first-order valence-electron chi connectivity index (χ1n) is 11.0. The van der Waals surface area contributed by atoms with Crippen LogP contribution in [0.15, 0.2) is 0 Å². The molecule has 1 aliphatic rings. The van der Waals surface area contributed by atoms with Crippen molar-refractivity contribution in [1.82, 2.24) is 0 Å².